The summed E-state index contributed by atoms with van der Waals surface area (Å²) in [6.07, 6.45) is -1.71. The second-order valence-corrected chi connectivity index (χ2v) is 11.9. The molecule has 2 aromatic carbocycles. The van der Waals surface area contributed by atoms with Crippen LogP contribution in [0.2, 0.25) is 0 Å². The summed E-state index contributed by atoms with van der Waals surface area (Å²) >= 11 is 1.51. The highest BCUT2D eigenvalue weighted by molar-refractivity contribution is 7.18. The lowest BCUT2D eigenvalue weighted by Gasteiger charge is -2.38. The normalized spacial score (nSPS) is 21.4. The van der Waals surface area contributed by atoms with E-state index in [2.05, 4.69) is 25.4 Å². The maximum atomic E-state index is 13.8. The van der Waals surface area contributed by atoms with Crippen molar-refractivity contribution in [1.29, 1.82) is 0 Å². The second kappa shape index (κ2) is 10.5. The Morgan fingerprint density at radius 1 is 1.12 bits per heavy atom. The molecule has 4 atom stereocenters. The molecule has 15 heteroatoms. The molecule has 0 unspecified atom stereocenters. The van der Waals surface area contributed by atoms with Gasteiger partial charge in [0.1, 0.15) is 29.6 Å². The third-order valence-electron chi connectivity index (χ3n) is 7.07. The summed E-state index contributed by atoms with van der Waals surface area (Å²) in [7, 11) is 0. The van der Waals surface area contributed by atoms with Gasteiger partial charge in [-0.2, -0.15) is 0 Å². The zero-order valence-corrected chi connectivity index (χ0v) is 23.4. The molecule has 220 valence electrons. The first kappa shape index (κ1) is 28.4. The summed E-state index contributed by atoms with van der Waals surface area (Å²) in [5, 5.41) is 45.3. The van der Waals surface area contributed by atoms with Gasteiger partial charge in [-0.15, -0.1) is 21.5 Å². The SMILES string of the molecule is Cc1nc2ccc(-n3nc(C(C)(C)O)nc3[C@H]3C[C@@H](n4cc(-c5cc(F)c(F)c(F)c5)nn4)[C@@H](O)[C@@H](CO)O3)cc2s1. The number of aliphatic hydroxyl groups is 3. The van der Waals surface area contributed by atoms with Gasteiger partial charge in [0.15, 0.2) is 29.1 Å². The van der Waals surface area contributed by atoms with Gasteiger partial charge < -0.3 is 20.1 Å². The van der Waals surface area contributed by atoms with Crippen LogP contribution in [0.25, 0.3) is 27.2 Å². The topological polar surface area (TPSA) is 144 Å². The van der Waals surface area contributed by atoms with Crippen molar-refractivity contribution in [2.75, 3.05) is 6.61 Å². The van der Waals surface area contributed by atoms with E-state index >= 15 is 0 Å². The highest BCUT2D eigenvalue weighted by Gasteiger charge is 2.42. The Balaban J connectivity index is 1.39. The number of fused-ring (bicyclic) bond motifs is 1. The van der Waals surface area contributed by atoms with Crippen molar-refractivity contribution in [3.8, 4) is 16.9 Å². The van der Waals surface area contributed by atoms with Crippen molar-refractivity contribution in [3.63, 3.8) is 0 Å². The summed E-state index contributed by atoms with van der Waals surface area (Å²) in [6, 6.07) is 6.35. The lowest BCUT2D eigenvalue weighted by Crippen LogP contribution is -2.45. The van der Waals surface area contributed by atoms with Crippen molar-refractivity contribution in [2.45, 2.75) is 57.1 Å². The Bertz CT molecular complexity index is 1760. The Labute approximate surface area is 240 Å². The summed E-state index contributed by atoms with van der Waals surface area (Å²) < 4.78 is 51.0. The van der Waals surface area contributed by atoms with Gasteiger partial charge in [0.05, 0.1) is 39.8 Å². The minimum absolute atomic E-state index is 0.0438. The fraction of sp³-hybridized carbons (Fsp3) is 0.370. The van der Waals surface area contributed by atoms with Crippen LogP contribution in [0.3, 0.4) is 0 Å². The third-order valence-corrected chi connectivity index (χ3v) is 8.00. The predicted molar refractivity (Wildman–Crippen MR) is 144 cm³/mol. The highest BCUT2D eigenvalue weighted by Crippen LogP contribution is 2.39. The molecule has 0 aliphatic carbocycles. The molecule has 5 aromatic rings. The molecule has 42 heavy (non-hydrogen) atoms. The molecule has 0 spiro atoms. The van der Waals surface area contributed by atoms with Crippen molar-refractivity contribution in [3.05, 3.63) is 70.6 Å². The molecule has 0 radical (unpaired) electrons. The Morgan fingerprint density at radius 3 is 2.55 bits per heavy atom. The monoisotopic (exact) mass is 601 g/mol. The third kappa shape index (κ3) is 5.07. The quantitative estimate of drug-likeness (QED) is 0.249. The molecule has 1 aliphatic heterocycles. The maximum absolute atomic E-state index is 13.8. The van der Waals surface area contributed by atoms with E-state index in [1.807, 2.05) is 25.1 Å². The van der Waals surface area contributed by atoms with Gasteiger partial charge in [0.25, 0.3) is 0 Å². The van der Waals surface area contributed by atoms with Crippen molar-refractivity contribution < 1.29 is 33.2 Å². The first-order valence-corrected chi connectivity index (χ1v) is 13.8. The summed E-state index contributed by atoms with van der Waals surface area (Å²) in [4.78, 5) is 9.10. The number of hydrogen-bond donors (Lipinski definition) is 3. The van der Waals surface area contributed by atoms with Crippen LogP contribution >= 0.6 is 11.3 Å². The lowest BCUT2D eigenvalue weighted by atomic mass is 9.95. The number of aryl methyl sites for hydroxylation is 1. The minimum atomic E-state index is -1.60. The summed E-state index contributed by atoms with van der Waals surface area (Å²) in [5.74, 6) is -3.91. The maximum Gasteiger partial charge on any atom is 0.194 e. The van der Waals surface area contributed by atoms with Gasteiger partial charge in [-0.3, -0.25) is 0 Å². The van der Waals surface area contributed by atoms with Crippen LogP contribution in [0.15, 0.2) is 36.5 Å². The van der Waals surface area contributed by atoms with E-state index in [0.29, 0.717) is 11.5 Å². The number of aromatic nitrogens is 7. The molecular weight excluding hydrogens is 575 g/mol. The van der Waals surface area contributed by atoms with Crippen LogP contribution in [-0.2, 0) is 10.3 Å². The van der Waals surface area contributed by atoms with Gasteiger partial charge in [-0.05, 0) is 51.1 Å². The average Bonchev–Trinajstić information content (AvgIpc) is 3.68. The molecule has 0 saturated carbocycles. The van der Waals surface area contributed by atoms with E-state index in [0.717, 1.165) is 27.4 Å². The molecule has 1 fully saturated rings. The number of halogens is 3. The fourth-order valence-corrected chi connectivity index (χ4v) is 5.81. The standard InChI is InChI=1S/C27H26F3N7O4S/c1-12-31-17-5-4-14(8-22(17)42-12)37-25(32-26(34-37)27(2,3)40)20-9-19(24(39)21(11-38)41-20)36-10-18(33-35-36)13-6-15(28)23(30)16(29)7-13/h4-8,10,19-21,24,38-40H,9,11H2,1-3H3/t19-,20-,21-,24-/m1/s1. The molecule has 6 rings (SSSR count). The van der Waals surface area contributed by atoms with E-state index in [1.54, 1.807) is 18.5 Å². The number of ether oxygens (including phenoxy) is 1. The Hall–Kier alpha value is -3.76. The summed E-state index contributed by atoms with van der Waals surface area (Å²) in [5.41, 5.74) is 0.0719. The van der Waals surface area contributed by atoms with Crippen molar-refractivity contribution in [1.82, 2.24) is 34.7 Å². The first-order chi connectivity index (χ1) is 19.9. The van der Waals surface area contributed by atoms with Gasteiger partial charge in [-0.25, -0.2) is 32.5 Å². The first-order valence-electron chi connectivity index (χ1n) is 13.0. The van der Waals surface area contributed by atoms with Crippen molar-refractivity contribution in [2.24, 2.45) is 0 Å². The second-order valence-electron chi connectivity index (χ2n) is 10.6. The fourth-order valence-electron chi connectivity index (χ4n) is 4.95. The average molecular weight is 602 g/mol. The van der Waals surface area contributed by atoms with E-state index in [1.165, 1.54) is 22.2 Å². The van der Waals surface area contributed by atoms with Crippen LogP contribution in [0.4, 0.5) is 13.2 Å². The molecule has 1 saturated heterocycles. The van der Waals surface area contributed by atoms with Crippen LogP contribution in [0, 0.1) is 24.4 Å². The number of thiazole rings is 1. The highest BCUT2D eigenvalue weighted by atomic mass is 32.1. The van der Waals surface area contributed by atoms with Crippen LogP contribution in [-0.4, -0.2) is 68.9 Å². The van der Waals surface area contributed by atoms with E-state index in [-0.39, 0.29) is 23.5 Å². The zero-order valence-electron chi connectivity index (χ0n) is 22.6. The number of nitrogens with zero attached hydrogens (tertiary/aromatic N) is 7. The molecular formula is C27H26F3N7O4S. The minimum Gasteiger partial charge on any atom is -0.394 e. The Kier molecular flexibility index (Phi) is 7.09. The van der Waals surface area contributed by atoms with E-state index in [4.69, 9.17) is 4.74 Å². The van der Waals surface area contributed by atoms with Gasteiger partial charge in [0.2, 0.25) is 0 Å². The molecule has 3 aromatic heterocycles. The number of aliphatic hydroxyl groups excluding tert-OH is 2. The molecule has 4 heterocycles. The molecule has 0 amide bonds. The number of hydrogen-bond acceptors (Lipinski definition) is 10. The molecule has 1 aliphatic rings. The van der Waals surface area contributed by atoms with Gasteiger partial charge in [-0.1, -0.05) is 5.21 Å². The van der Waals surface area contributed by atoms with Crippen LogP contribution < -0.4 is 0 Å². The van der Waals surface area contributed by atoms with Crippen LogP contribution in [0.1, 0.15) is 49.1 Å². The molecule has 11 nitrogen and oxygen atoms in total. The number of rotatable bonds is 6. The number of benzene rings is 2. The van der Waals surface area contributed by atoms with Crippen molar-refractivity contribution >= 4 is 21.6 Å². The molecule has 0 bridgehead atoms. The Morgan fingerprint density at radius 2 is 1.86 bits per heavy atom. The smallest absolute Gasteiger partial charge is 0.194 e. The van der Waals surface area contributed by atoms with Gasteiger partial charge >= 0.3 is 0 Å². The molecule has 3 N–H and O–H groups in total. The van der Waals surface area contributed by atoms with E-state index in [9.17, 15) is 28.5 Å². The van der Waals surface area contributed by atoms with E-state index < -0.39 is 54.0 Å². The summed E-state index contributed by atoms with van der Waals surface area (Å²) in [6.45, 7) is 4.47. The largest absolute Gasteiger partial charge is 0.394 e. The zero-order chi connectivity index (χ0) is 29.9. The van der Waals surface area contributed by atoms with Crippen LogP contribution in [0.5, 0.6) is 0 Å². The van der Waals surface area contributed by atoms with Gasteiger partial charge in [0, 0.05) is 12.0 Å². The predicted octanol–water partition coefficient (Wildman–Crippen LogP) is 3.51. The lowest BCUT2D eigenvalue weighted by molar-refractivity contribution is -0.161.